The van der Waals surface area contributed by atoms with Gasteiger partial charge in [0.05, 0.1) is 18.5 Å². The number of hydrogen-bond acceptors (Lipinski definition) is 4. The predicted molar refractivity (Wildman–Crippen MR) is 93.7 cm³/mol. The molecule has 4 rings (SSSR count). The second-order valence-corrected chi connectivity index (χ2v) is 6.59. The Kier molecular flexibility index (Phi) is 3.81. The summed E-state index contributed by atoms with van der Waals surface area (Å²) in [6.45, 7) is 4.89. The molecule has 1 aliphatic carbocycles. The minimum absolute atomic E-state index is 0.00461. The van der Waals surface area contributed by atoms with Crippen LogP contribution in [0.4, 0.5) is 0 Å². The van der Waals surface area contributed by atoms with Gasteiger partial charge in [-0.05, 0) is 38.3 Å². The van der Waals surface area contributed by atoms with E-state index in [-0.39, 0.29) is 6.61 Å². The first-order valence-electron chi connectivity index (χ1n) is 8.64. The molecule has 1 aliphatic rings. The van der Waals surface area contributed by atoms with E-state index in [1.165, 1.54) is 6.42 Å². The first-order chi connectivity index (χ1) is 11.7. The number of pyridine rings is 2. The summed E-state index contributed by atoms with van der Waals surface area (Å²) in [6.07, 6.45) is 9.13. The van der Waals surface area contributed by atoms with Gasteiger partial charge >= 0.3 is 0 Å². The van der Waals surface area contributed by atoms with Crippen LogP contribution in [-0.4, -0.2) is 24.9 Å². The lowest BCUT2D eigenvalue weighted by molar-refractivity contribution is 0.277. The number of aromatic nitrogens is 4. The Hall–Kier alpha value is -2.27. The van der Waals surface area contributed by atoms with E-state index in [4.69, 9.17) is 4.98 Å². The molecule has 0 spiro atoms. The van der Waals surface area contributed by atoms with E-state index in [0.29, 0.717) is 5.92 Å². The summed E-state index contributed by atoms with van der Waals surface area (Å²) in [5, 5.41) is 15.6. The van der Waals surface area contributed by atoms with Gasteiger partial charge in [0.1, 0.15) is 0 Å². The lowest BCUT2D eigenvalue weighted by Gasteiger charge is -2.28. The maximum Gasteiger partial charge on any atom is 0.158 e. The highest BCUT2D eigenvalue weighted by Crippen LogP contribution is 2.42. The molecule has 24 heavy (non-hydrogen) atoms. The van der Waals surface area contributed by atoms with Gasteiger partial charge in [0.2, 0.25) is 0 Å². The highest BCUT2D eigenvalue weighted by atomic mass is 16.3. The van der Waals surface area contributed by atoms with Crippen LogP contribution in [0.2, 0.25) is 0 Å². The van der Waals surface area contributed by atoms with E-state index in [2.05, 4.69) is 23.1 Å². The van der Waals surface area contributed by atoms with E-state index < -0.39 is 0 Å². The van der Waals surface area contributed by atoms with Crippen molar-refractivity contribution in [2.75, 3.05) is 0 Å². The summed E-state index contributed by atoms with van der Waals surface area (Å²) >= 11 is 0. The molecule has 0 radical (unpaired) electrons. The van der Waals surface area contributed by atoms with Gasteiger partial charge in [0.15, 0.2) is 5.65 Å². The molecular weight excluding hydrogens is 300 g/mol. The van der Waals surface area contributed by atoms with Crippen LogP contribution >= 0.6 is 0 Å². The maximum absolute atomic E-state index is 10.1. The highest BCUT2D eigenvalue weighted by molar-refractivity contribution is 5.95. The minimum atomic E-state index is -0.00461. The number of nitrogens with zero attached hydrogens (tertiary/aromatic N) is 4. The first kappa shape index (κ1) is 15.3. The van der Waals surface area contributed by atoms with Crippen molar-refractivity contribution in [2.45, 2.75) is 52.2 Å². The van der Waals surface area contributed by atoms with Crippen molar-refractivity contribution in [1.29, 1.82) is 0 Å². The van der Waals surface area contributed by atoms with Crippen LogP contribution < -0.4 is 0 Å². The Bertz CT molecular complexity index is 896. The summed E-state index contributed by atoms with van der Waals surface area (Å²) in [4.78, 5) is 9.28. The largest absolute Gasteiger partial charge is 0.392 e. The summed E-state index contributed by atoms with van der Waals surface area (Å²) in [7, 11) is 0. The Morgan fingerprint density at radius 1 is 1.25 bits per heavy atom. The Labute approximate surface area is 141 Å². The van der Waals surface area contributed by atoms with Crippen LogP contribution in [0.25, 0.3) is 22.2 Å². The number of rotatable bonds is 4. The summed E-state index contributed by atoms with van der Waals surface area (Å²) in [5.74, 6) is 0.452. The molecule has 124 valence electrons. The predicted octanol–water partition coefficient (Wildman–Crippen LogP) is 3.58. The molecule has 1 saturated carbocycles. The van der Waals surface area contributed by atoms with Crippen LogP contribution in [-0.2, 0) is 13.2 Å². The molecule has 0 unspecified atom stereocenters. The zero-order valence-electron chi connectivity index (χ0n) is 14.2. The molecule has 1 fully saturated rings. The second kappa shape index (κ2) is 5.98. The summed E-state index contributed by atoms with van der Waals surface area (Å²) in [5.41, 5.74) is 6.07. The fourth-order valence-electron chi connectivity index (χ4n) is 3.58. The van der Waals surface area contributed by atoms with E-state index >= 15 is 0 Å². The Morgan fingerprint density at radius 2 is 2.08 bits per heavy atom. The molecule has 5 heteroatoms. The zero-order valence-corrected chi connectivity index (χ0v) is 14.2. The first-order valence-corrected chi connectivity index (χ1v) is 8.64. The molecule has 0 aliphatic heterocycles. The van der Waals surface area contributed by atoms with Gasteiger partial charge < -0.3 is 5.11 Å². The van der Waals surface area contributed by atoms with Crippen molar-refractivity contribution < 1.29 is 5.11 Å². The van der Waals surface area contributed by atoms with Gasteiger partial charge in [-0.2, -0.15) is 5.10 Å². The van der Waals surface area contributed by atoms with Gasteiger partial charge in [-0.3, -0.25) is 4.98 Å². The average molecular weight is 322 g/mol. The molecule has 0 aromatic carbocycles. The lowest BCUT2D eigenvalue weighted by Crippen LogP contribution is -2.15. The zero-order chi connectivity index (χ0) is 16.7. The fraction of sp³-hybridized carbons (Fsp3) is 0.421. The third-order valence-electron chi connectivity index (χ3n) is 5.03. The van der Waals surface area contributed by atoms with Crippen LogP contribution in [0.5, 0.6) is 0 Å². The van der Waals surface area contributed by atoms with Crippen molar-refractivity contribution in [3.8, 4) is 11.1 Å². The molecule has 0 saturated heterocycles. The molecule has 0 amide bonds. The summed E-state index contributed by atoms with van der Waals surface area (Å²) in [6, 6.07) is 2.12. The molecule has 0 bridgehead atoms. The van der Waals surface area contributed by atoms with Crippen LogP contribution in [0.3, 0.4) is 0 Å². The molecule has 3 aromatic heterocycles. The third-order valence-corrected chi connectivity index (χ3v) is 5.03. The van der Waals surface area contributed by atoms with E-state index in [0.717, 1.165) is 58.4 Å². The SMILES string of the molecule is CCn1ncc2c(-c3cncc(C)c3)c(CO)c(C3CCC3)nc21. The van der Waals surface area contributed by atoms with Gasteiger partial charge in [-0.1, -0.05) is 6.42 Å². The maximum atomic E-state index is 10.1. The highest BCUT2D eigenvalue weighted by Gasteiger charge is 2.27. The number of aryl methyl sites for hydroxylation is 2. The molecule has 0 atom stereocenters. The minimum Gasteiger partial charge on any atom is -0.392 e. The second-order valence-electron chi connectivity index (χ2n) is 6.59. The fourth-order valence-corrected chi connectivity index (χ4v) is 3.58. The summed E-state index contributed by atoms with van der Waals surface area (Å²) < 4.78 is 1.94. The normalized spacial score (nSPS) is 15.0. The number of aliphatic hydroxyl groups excluding tert-OH is 1. The van der Waals surface area contributed by atoms with Gasteiger partial charge in [-0.25, -0.2) is 9.67 Å². The number of aliphatic hydroxyl groups is 1. The standard InChI is InChI=1S/C19H22N4O/c1-3-23-19-15(10-21-23)17(14-7-12(2)8-20-9-14)16(11-24)18(22-19)13-5-4-6-13/h7-10,13,24H,3-6,11H2,1-2H3. The monoisotopic (exact) mass is 322 g/mol. The third kappa shape index (κ3) is 2.31. The lowest BCUT2D eigenvalue weighted by atomic mass is 9.79. The van der Waals surface area contributed by atoms with Crippen LogP contribution in [0.1, 0.15) is 48.9 Å². The van der Waals surface area contributed by atoms with Gasteiger partial charge in [-0.15, -0.1) is 0 Å². The van der Waals surface area contributed by atoms with E-state index in [9.17, 15) is 5.11 Å². The number of hydrogen-bond donors (Lipinski definition) is 1. The van der Waals surface area contributed by atoms with Crippen LogP contribution in [0.15, 0.2) is 24.7 Å². The smallest absolute Gasteiger partial charge is 0.158 e. The average Bonchev–Trinajstić information content (AvgIpc) is 2.94. The van der Waals surface area contributed by atoms with Crippen molar-refractivity contribution in [3.63, 3.8) is 0 Å². The number of fused-ring (bicyclic) bond motifs is 1. The van der Waals surface area contributed by atoms with Crippen LogP contribution in [0, 0.1) is 6.92 Å². The quantitative estimate of drug-likeness (QED) is 0.797. The molecule has 1 N–H and O–H groups in total. The van der Waals surface area contributed by atoms with Crippen molar-refractivity contribution in [1.82, 2.24) is 19.7 Å². The van der Waals surface area contributed by atoms with Crippen molar-refractivity contribution in [3.05, 3.63) is 41.5 Å². The van der Waals surface area contributed by atoms with E-state index in [1.807, 2.05) is 30.2 Å². The molecule has 3 heterocycles. The Balaban J connectivity index is 2.06. The Morgan fingerprint density at radius 3 is 2.71 bits per heavy atom. The van der Waals surface area contributed by atoms with Crippen molar-refractivity contribution in [2.24, 2.45) is 0 Å². The molecule has 5 nitrogen and oxygen atoms in total. The topological polar surface area (TPSA) is 63.8 Å². The molecular formula is C19H22N4O. The van der Waals surface area contributed by atoms with Gasteiger partial charge in [0, 0.05) is 46.9 Å². The van der Waals surface area contributed by atoms with E-state index in [1.54, 1.807) is 0 Å². The van der Waals surface area contributed by atoms with Gasteiger partial charge in [0.25, 0.3) is 0 Å². The van der Waals surface area contributed by atoms with Crippen molar-refractivity contribution >= 4 is 11.0 Å². The molecule has 3 aromatic rings.